The summed E-state index contributed by atoms with van der Waals surface area (Å²) in [7, 11) is 0. The first kappa shape index (κ1) is 22.9. The van der Waals surface area contributed by atoms with Crippen LogP contribution in [0.1, 0.15) is 17.0 Å². The number of aryl methyl sites for hydroxylation is 2. The lowest BCUT2D eigenvalue weighted by molar-refractivity contribution is -0.113. The van der Waals surface area contributed by atoms with E-state index in [1.165, 1.54) is 11.8 Å². The summed E-state index contributed by atoms with van der Waals surface area (Å²) in [6.07, 6.45) is 0. The predicted molar refractivity (Wildman–Crippen MR) is 132 cm³/mol. The average molecular weight is 479 g/mol. The number of hydrogen-bond donors (Lipinski definition) is 1. The molecule has 0 saturated carbocycles. The molecule has 0 atom stereocenters. The third-order valence-electron chi connectivity index (χ3n) is 4.93. The minimum Gasteiger partial charge on any atom is -0.486 e. The highest BCUT2D eigenvalue weighted by molar-refractivity contribution is 7.99. The minimum atomic E-state index is -0.114. The highest BCUT2D eigenvalue weighted by Gasteiger charge is 2.17. The second kappa shape index (κ2) is 10.6. The van der Waals surface area contributed by atoms with Crippen molar-refractivity contribution in [3.8, 4) is 11.4 Å². The third kappa shape index (κ3) is 5.94. The van der Waals surface area contributed by atoms with E-state index in [0.29, 0.717) is 16.0 Å². The summed E-state index contributed by atoms with van der Waals surface area (Å²) in [6, 6.07) is 22.9. The summed E-state index contributed by atoms with van der Waals surface area (Å²) >= 11 is 7.39. The molecular formula is C25H23ClN4O2S. The maximum Gasteiger partial charge on any atom is 0.234 e. The lowest BCUT2D eigenvalue weighted by atomic mass is 10.2. The second-order valence-corrected chi connectivity index (χ2v) is 8.84. The van der Waals surface area contributed by atoms with Gasteiger partial charge in [0.15, 0.2) is 11.0 Å². The molecule has 0 aliphatic heterocycles. The molecule has 4 aromatic rings. The van der Waals surface area contributed by atoms with Crippen molar-refractivity contribution in [2.45, 2.75) is 25.6 Å². The molecule has 0 unspecified atom stereocenters. The number of hydrogen-bond acceptors (Lipinski definition) is 5. The van der Waals surface area contributed by atoms with E-state index in [2.05, 4.69) is 15.5 Å². The highest BCUT2D eigenvalue weighted by Crippen LogP contribution is 2.25. The lowest BCUT2D eigenvalue weighted by Crippen LogP contribution is -2.15. The van der Waals surface area contributed by atoms with Gasteiger partial charge in [-0.05, 0) is 61.9 Å². The zero-order valence-electron chi connectivity index (χ0n) is 18.3. The fourth-order valence-corrected chi connectivity index (χ4v) is 4.05. The molecule has 8 heteroatoms. The number of nitrogens with zero attached hydrogens (tertiary/aromatic N) is 3. The van der Waals surface area contributed by atoms with Gasteiger partial charge in [0.1, 0.15) is 12.4 Å². The van der Waals surface area contributed by atoms with E-state index < -0.39 is 0 Å². The number of carbonyl (C=O) groups is 1. The molecule has 0 aliphatic rings. The Morgan fingerprint density at radius 3 is 2.45 bits per heavy atom. The molecular weight excluding hydrogens is 456 g/mol. The molecule has 0 saturated heterocycles. The number of anilines is 1. The van der Waals surface area contributed by atoms with Gasteiger partial charge in [-0.25, -0.2) is 0 Å². The van der Waals surface area contributed by atoms with E-state index in [0.717, 1.165) is 28.3 Å². The molecule has 0 aliphatic carbocycles. The number of nitrogens with one attached hydrogen (secondary N) is 1. The van der Waals surface area contributed by atoms with Crippen LogP contribution in [0.4, 0.5) is 5.69 Å². The van der Waals surface area contributed by atoms with Crippen molar-refractivity contribution in [2.24, 2.45) is 0 Å². The average Bonchev–Trinajstić information content (AvgIpc) is 3.22. The Morgan fingerprint density at radius 1 is 1.00 bits per heavy atom. The smallest absolute Gasteiger partial charge is 0.234 e. The number of thioether (sulfide) groups is 1. The molecule has 0 fully saturated rings. The Bertz CT molecular complexity index is 1240. The molecule has 33 heavy (non-hydrogen) atoms. The second-order valence-electron chi connectivity index (χ2n) is 7.46. The van der Waals surface area contributed by atoms with Gasteiger partial charge in [-0.3, -0.25) is 9.36 Å². The Labute approximate surface area is 202 Å². The number of para-hydroxylation sites is 1. The Balaban J connectivity index is 1.51. The van der Waals surface area contributed by atoms with Gasteiger partial charge in [0.25, 0.3) is 0 Å². The maximum absolute atomic E-state index is 12.5. The molecule has 1 N–H and O–H groups in total. The summed E-state index contributed by atoms with van der Waals surface area (Å²) in [6.45, 7) is 4.22. The molecule has 0 radical (unpaired) electrons. The van der Waals surface area contributed by atoms with Crippen LogP contribution in [-0.4, -0.2) is 26.4 Å². The van der Waals surface area contributed by atoms with Gasteiger partial charge in [-0.15, -0.1) is 10.2 Å². The Hall–Kier alpha value is -3.29. The van der Waals surface area contributed by atoms with Crippen LogP contribution in [0.2, 0.25) is 5.02 Å². The van der Waals surface area contributed by atoms with Gasteiger partial charge in [0, 0.05) is 16.4 Å². The summed E-state index contributed by atoms with van der Waals surface area (Å²) in [5, 5.41) is 12.8. The zero-order valence-corrected chi connectivity index (χ0v) is 19.9. The molecule has 4 rings (SSSR count). The van der Waals surface area contributed by atoms with Gasteiger partial charge in [-0.1, -0.05) is 59.3 Å². The van der Waals surface area contributed by atoms with E-state index in [9.17, 15) is 4.79 Å². The van der Waals surface area contributed by atoms with Crippen LogP contribution in [0.5, 0.6) is 5.75 Å². The van der Waals surface area contributed by atoms with Crippen molar-refractivity contribution < 1.29 is 9.53 Å². The quantitative estimate of drug-likeness (QED) is 0.322. The number of rotatable bonds is 8. The van der Waals surface area contributed by atoms with Crippen LogP contribution < -0.4 is 10.1 Å². The van der Waals surface area contributed by atoms with Gasteiger partial charge in [0.2, 0.25) is 5.91 Å². The molecule has 168 valence electrons. The fraction of sp³-hybridized carbons (Fsp3) is 0.160. The standard InChI is InChI=1S/C25H23ClN4O2S/c1-17-7-13-21(14-8-17)32-15-23-28-29-25(30(23)20-11-9-19(26)10-12-20)33-16-24(31)27-22-6-4-3-5-18(22)2/h3-14H,15-16H2,1-2H3,(H,27,31). The van der Waals surface area contributed by atoms with Crippen LogP contribution in [0.3, 0.4) is 0 Å². The SMILES string of the molecule is Cc1ccc(OCc2nnc(SCC(=O)Nc3ccccc3C)n2-c2ccc(Cl)cc2)cc1. The first-order valence-corrected chi connectivity index (χ1v) is 11.7. The molecule has 1 amide bonds. The molecule has 0 bridgehead atoms. The molecule has 1 heterocycles. The summed E-state index contributed by atoms with van der Waals surface area (Å²) in [4.78, 5) is 12.5. The van der Waals surface area contributed by atoms with E-state index in [-0.39, 0.29) is 18.3 Å². The van der Waals surface area contributed by atoms with Crippen LogP contribution in [0.15, 0.2) is 78.0 Å². The van der Waals surface area contributed by atoms with Crippen LogP contribution in [0.25, 0.3) is 5.69 Å². The van der Waals surface area contributed by atoms with E-state index >= 15 is 0 Å². The number of carbonyl (C=O) groups excluding carboxylic acids is 1. The lowest BCUT2D eigenvalue weighted by Gasteiger charge is -2.12. The van der Waals surface area contributed by atoms with Crippen LogP contribution >= 0.6 is 23.4 Å². The number of benzene rings is 3. The third-order valence-corrected chi connectivity index (χ3v) is 6.11. The number of aromatic nitrogens is 3. The number of ether oxygens (including phenoxy) is 1. The summed E-state index contributed by atoms with van der Waals surface area (Å²) in [5.74, 6) is 1.45. The molecule has 0 spiro atoms. The highest BCUT2D eigenvalue weighted by atomic mass is 35.5. The van der Waals surface area contributed by atoms with Gasteiger partial charge < -0.3 is 10.1 Å². The van der Waals surface area contributed by atoms with Gasteiger partial charge in [0.05, 0.1) is 5.75 Å². The zero-order chi connectivity index (χ0) is 23.2. The fourth-order valence-electron chi connectivity index (χ4n) is 3.15. The minimum absolute atomic E-state index is 0.114. The van der Waals surface area contributed by atoms with Crippen molar-refractivity contribution in [2.75, 3.05) is 11.1 Å². The van der Waals surface area contributed by atoms with Crippen molar-refractivity contribution in [1.82, 2.24) is 14.8 Å². The summed E-state index contributed by atoms with van der Waals surface area (Å²) < 4.78 is 7.81. The first-order valence-electron chi connectivity index (χ1n) is 10.4. The van der Waals surface area contributed by atoms with Crippen molar-refractivity contribution >= 4 is 35.0 Å². The Morgan fingerprint density at radius 2 is 1.73 bits per heavy atom. The normalized spacial score (nSPS) is 10.8. The van der Waals surface area contributed by atoms with Crippen molar-refractivity contribution in [1.29, 1.82) is 0 Å². The van der Waals surface area contributed by atoms with Crippen molar-refractivity contribution in [3.05, 3.63) is 94.8 Å². The molecule has 6 nitrogen and oxygen atoms in total. The van der Waals surface area contributed by atoms with Crippen LogP contribution in [0, 0.1) is 13.8 Å². The summed E-state index contributed by atoms with van der Waals surface area (Å²) in [5.41, 5.74) is 3.81. The molecule has 3 aromatic carbocycles. The van der Waals surface area contributed by atoms with Gasteiger partial charge >= 0.3 is 0 Å². The maximum atomic E-state index is 12.5. The Kier molecular flexibility index (Phi) is 7.32. The monoisotopic (exact) mass is 478 g/mol. The van der Waals surface area contributed by atoms with Crippen LogP contribution in [-0.2, 0) is 11.4 Å². The van der Waals surface area contributed by atoms with E-state index in [4.69, 9.17) is 16.3 Å². The van der Waals surface area contributed by atoms with Crippen molar-refractivity contribution in [3.63, 3.8) is 0 Å². The predicted octanol–water partition coefficient (Wildman–Crippen LogP) is 5.85. The largest absolute Gasteiger partial charge is 0.486 e. The van der Waals surface area contributed by atoms with Gasteiger partial charge in [-0.2, -0.15) is 0 Å². The first-order chi connectivity index (χ1) is 16.0. The topological polar surface area (TPSA) is 69.0 Å². The number of halogens is 1. The molecule has 1 aromatic heterocycles. The van der Waals surface area contributed by atoms with E-state index in [1.54, 1.807) is 12.1 Å². The van der Waals surface area contributed by atoms with E-state index in [1.807, 2.05) is 79.1 Å². The number of amides is 1.